The minimum absolute atomic E-state index is 0.214. The van der Waals surface area contributed by atoms with Crippen LogP contribution in [-0.2, 0) is 4.79 Å². The van der Waals surface area contributed by atoms with Crippen LogP contribution in [0.2, 0.25) is 0 Å². The highest BCUT2D eigenvalue weighted by Gasteiger charge is 2.29. The molecule has 2 amide bonds. The Bertz CT molecular complexity index is 545. The number of carbonyl (C=O) groups is 2. The average Bonchev–Trinajstić information content (AvgIpc) is 2.47. The number of hydrogen-bond donors (Lipinski definition) is 2. The second-order valence-corrected chi connectivity index (χ2v) is 5.00. The third-order valence-corrected chi connectivity index (χ3v) is 3.50. The zero-order valence-electron chi connectivity index (χ0n) is 11.4. The predicted octanol–water partition coefficient (Wildman–Crippen LogP) is 0.644. The van der Waals surface area contributed by atoms with Crippen molar-refractivity contribution in [2.75, 3.05) is 19.6 Å². The number of benzene rings is 1. The number of nitrogens with zero attached hydrogens (tertiary/aromatic N) is 1. The van der Waals surface area contributed by atoms with Gasteiger partial charge in [-0.2, -0.15) is 0 Å². The van der Waals surface area contributed by atoms with Gasteiger partial charge in [-0.05, 0) is 44.1 Å². The van der Waals surface area contributed by atoms with Gasteiger partial charge in [0.1, 0.15) is 11.6 Å². The molecule has 0 saturated carbocycles. The summed E-state index contributed by atoms with van der Waals surface area (Å²) in [6.07, 6.45) is 1.27. The van der Waals surface area contributed by atoms with Crippen molar-refractivity contribution < 1.29 is 18.4 Å². The zero-order chi connectivity index (χ0) is 15.4. The first-order chi connectivity index (χ1) is 9.99. The van der Waals surface area contributed by atoms with E-state index in [2.05, 4.69) is 5.32 Å². The number of nitrogens with one attached hydrogen (secondary N) is 1. The summed E-state index contributed by atoms with van der Waals surface area (Å²) in [4.78, 5) is 24.9. The molecule has 1 aliphatic heterocycles. The van der Waals surface area contributed by atoms with Crippen molar-refractivity contribution in [3.05, 3.63) is 35.4 Å². The lowest BCUT2D eigenvalue weighted by Gasteiger charge is -2.34. The number of rotatable bonds is 4. The Morgan fingerprint density at radius 3 is 2.57 bits per heavy atom. The van der Waals surface area contributed by atoms with Gasteiger partial charge in [-0.1, -0.05) is 0 Å². The molecular formula is C14H17F2N3O2. The Morgan fingerprint density at radius 2 is 1.95 bits per heavy atom. The fourth-order valence-corrected chi connectivity index (χ4v) is 2.47. The summed E-state index contributed by atoms with van der Waals surface area (Å²) in [5.74, 6) is -2.91. The number of piperidine rings is 1. The molecule has 3 N–H and O–H groups in total. The van der Waals surface area contributed by atoms with Gasteiger partial charge >= 0.3 is 0 Å². The molecule has 0 aromatic heterocycles. The minimum Gasteiger partial charge on any atom is -0.368 e. The molecule has 1 aromatic rings. The van der Waals surface area contributed by atoms with Crippen molar-refractivity contribution in [2.24, 2.45) is 5.73 Å². The minimum atomic E-state index is -0.815. The predicted molar refractivity (Wildman–Crippen MR) is 72.5 cm³/mol. The van der Waals surface area contributed by atoms with Crippen LogP contribution in [-0.4, -0.2) is 42.4 Å². The highest BCUT2D eigenvalue weighted by atomic mass is 19.1. The first-order valence-electron chi connectivity index (χ1n) is 6.74. The fourth-order valence-electron chi connectivity index (χ4n) is 2.47. The quantitative estimate of drug-likeness (QED) is 0.856. The Balaban J connectivity index is 2.28. The van der Waals surface area contributed by atoms with Gasteiger partial charge in [0.05, 0.1) is 12.1 Å². The average molecular weight is 297 g/mol. The van der Waals surface area contributed by atoms with E-state index in [9.17, 15) is 18.4 Å². The van der Waals surface area contributed by atoms with Crippen LogP contribution in [0.15, 0.2) is 18.2 Å². The van der Waals surface area contributed by atoms with Gasteiger partial charge in [-0.25, -0.2) is 8.78 Å². The van der Waals surface area contributed by atoms with Crippen LogP contribution >= 0.6 is 0 Å². The van der Waals surface area contributed by atoms with Gasteiger partial charge in [-0.15, -0.1) is 0 Å². The van der Waals surface area contributed by atoms with Gasteiger partial charge in [0, 0.05) is 6.04 Å². The largest absolute Gasteiger partial charge is 0.368 e. The Kier molecular flexibility index (Phi) is 4.85. The van der Waals surface area contributed by atoms with Crippen LogP contribution in [0.1, 0.15) is 23.2 Å². The van der Waals surface area contributed by atoms with E-state index in [1.165, 1.54) is 4.90 Å². The lowest BCUT2D eigenvalue weighted by Crippen LogP contribution is -2.49. The van der Waals surface area contributed by atoms with Crippen LogP contribution in [0, 0.1) is 11.6 Å². The van der Waals surface area contributed by atoms with E-state index in [0.717, 1.165) is 18.2 Å². The number of amides is 2. The van der Waals surface area contributed by atoms with E-state index in [0.29, 0.717) is 25.9 Å². The first kappa shape index (κ1) is 15.4. The number of halogens is 2. The molecule has 1 heterocycles. The second-order valence-electron chi connectivity index (χ2n) is 5.00. The van der Waals surface area contributed by atoms with Crippen LogP contribution in [0.3, 0.4) is 0 Å². The molecule has 21 heavy (non-hydrogen) atoms. The number of carbonyl (C=O) groups excluding carboxylic acids is 2. The van der Waals surface area contributed by atoms with Crippen molar-refractivity contribution in [2.45, 2.75) is 18.9 Å². The zero-order valence-corrected chi connectivity index (χ0v) is 11.4. The summed E-state index contributed by atoms with van der Waals surface area (Å²) in [5.41, 5.74) is 4.79. The molecule has 0 unspecified atom stereocenters. The Morgan fingerprint density at radius 1 is 1.29 bits per heavy atom. The van der Waals surface area contributed by atoms with Crippen molar-refractivity contribution in [1.29, 1.82) is 0 Å². The van der Waals surface area contributed by atoms with E-state index in [1.54, 1.807) is 0 Å². The standard InChI is InChI=1S/C14H17F2N3O2/c15-9-1-2-12(16)11(7-9)14(21)19(8-13(17)20)10-3-5-18-6-4-10/h1-2,7,10,18H,3-6,8H2,(H2,17,20). The van der Waals surface area contributed by atoms with Crippen LogP contribution in [0.5, 0.6) is 0 Å². The van der Waals surface area contributed by atoms with Crippen LogP contribution < -0.4 is 11.1 Å². The van der Waals surface area contributed by atoms with E-state index in [-0.39, 0.29) is 18.2 Å². The fraction of sp³-hybridized carbons (Fsp3) is 0.429. The molecule has 1 fully saturated rings. The summed E-state index contributed by atoms with van der Waals surface area (Å²) in [6, 6.07) is 2.46. The van der Waals surface area contributed by atoms with E-state index in [4.69, 9.17) is 5.73 Å². The number of nitrogens with two attached hydrogens (primary N) is 1. The van der Waals surface area contributed by atoms with Crippen LogP contribution in [0.25, 0.3) is 0 Å². The lowest BCUT2D eigenvalue weighted by molar-refractivity contribution is -0.119. The molecule has 114 valence electrons. The Labute approximate surface area is 121 Å². The van der Waals surface area contributed by atoms with E-state index in [1.807, 2.05) is 0 Å². The topological polar surface area (TPSA) is 75.4 Å². The van der Waals surface area contributed by atoms with Gasteiger partial charge < -0.3 is 16.0 Å². The molecule has 0 bridgehead atoms. The number of hydrogen-bond acceptors (Lipinski definition) is 3. The molecule has 0 radical (unpaired) electrons. The summed E-state index contributed by atoms with van der Waals surface area (Å²) < 4.78 is 27.0. The van der Waals surface area contributed by atoms with E-state index >= 15 is 0 Å². The molecule has 1 aliphatic rings. The molecule has 7 heteroatoms. The molecule has 2 rings (SSSR count). The molecule has 1 saturated heterocycles. The van der Waals surface area contributed by atoms with Crippen molar-refractivity contribution in [3.8, 4) is 0 Å². The van der Waals surface area contributed by atoms with Gasteiger partial charge in [0.2, 0.25) is 5.91 Å². The van der Waals surface area contributed by atoms with Crippen molar-refractivity contribution >= 4 is 11.8 Å². The summed E-state index contributed by atoms with van der Waals surface area (Å²) >= 11 is 0. The summed E-state index contributed by atoms with van der Waals surface area (Å²) in [6.45, 7) is 1.08. The maximum atomic E-state index is 13.7. The Hall–Kier alpha value is -2.02. The maximum absolute atomic E-state index is 13.7. The molecule has 0 atom stereocenters. The number of primary amides is 1. The maximum Gasteiger partial charge on any atom is 0.257 e. The monoisotopic (exact) mass is 297 g/mol. The molecule has 1 aromatic carbocycles. The normalized spacial score (nSPS) is 15.7. The van der Waals surface area contributed by atoms with Gasteiger partial charge in [0.15, 0.2) is 0 Å². The smallest absolute Gasteiger partial charge is 0.257 e. The first-order valence-corrected chi connectivity index (χ1v) is 6.74. The van der Waals surface area contributed by atoms with Crippen molar-refractivity contribution in [3.63, 3.8) is 0 Å². The van der Waals surface area contributed by atoms with E-state index < -0.39 is 23.4 Å². The lowest BCUT2D eigenvalue weighted by atomic mass is 10.0. The highest BCUT2D eigenvalue weighted by Crippen LogP contribution is 2.18. The highest BCUT2D eigenvalue weighted by molar-refractivity contribution is 5.96. The van der Waals surface area contributed by atoms with Gasteiger partial charge in [-0.3, -0.25) is 9.59 Å². The molecule has 0 aliphatic carbocycles. The summed E-state index contributed by atoms with van der Waals surface area (Å²) in [5, 5.41) is 3.13. The third kappa shape index (κ3) is 3.75. The second kappa shape index (κ2) is 6.62. The SMILES string of the molecule is NC(=O)CN(C(=O)c1cc(F)ccc1F)C1CCNCC1. The molecule has 0 spiro atoms. The third-order valence-electron chi connectivity index (χ3n) is 3.50. The van der Waals surface area contributed by atoms with Gasteiger partial charge in [0.25, 0.3) is 5.91 Å². The molecular weight excluding hydrogens is 280 g/mol. The molecule has 5 nitrogen and oxygen atoms in total. The van der Waals surface area contributed by atoms with Crippen molar-refractivity contribution in [1.82, 2.24) is 10.2 Å². The van der Waals surface area contributed by atoms with Crippen LogP contribution in [0.4, 0.5) is 8.78 Å². The summed E-state index contributed by atoms with van der Waals surface area (Å²) in [7, 11) is 0.